The van der Waals surface area contributed by atoms with Crippen molar-refractivity contribution in [3.8, 4) is 12.1 Å². The fourth-order valence-corrected chi connectivity index (χ4v) is 4.05. The molecule has 1 saturated carbocycles. The molecule has 2 amide bonds. The molecule has 2 aliphatic rings. The summed E-state index contributed by atoms with van der Waals surface area (Å²) < 4.78 is 44.5. The average molecular weight is 534 g/mol. The van der Waals surface area contributed by atoms with Gasteiger partial charge in [0.2, 0.25) is 11.8 Å². The number of amides is 2. The first-order valence-corrected chi connectivity index (χ1v) is 11.9. The number of piperidine rings is 1. The van der Waals surface area contributed by atoms with Crippen LogP contribution in [-0.2, 0) is 0 Å². The van der Waals surface area contributed by atoms with Crippen LogP contribution in [0, 0.1) is 23.2 Å². The number of ether oxygens (including phenoxy) is 1. The van der Waals surface area contributed by atoms with E-state index in [-0.39, 0.29) is 47.7 Å². The summed E-state index contributed by atoms with van der Waals surface area (Å²) in [6, 6.07) is 3.12. The van der Waals surface area contributed by atoms with Crippen LogP contribution in [0.15, 0.2) is 12.1 Å². The van der Waals surface area contributed by atoms with Crippen LogP contribution in [0.2, 0.25) is 0 Å². The molecule has 15 heteroatoms. The highest BCUT2D eigenvalue weighted by Crippen LogP contribution is 2.37. The topological polar surface area (TPSA) is 186 Å². The molecule has 3 heterocycles. The predicted octanol–water partition coefficient (Wildman–Crippen LogP) is 1.55. The molecular formula is C23H26F3N9O3. The Labute approximate surface area is 215 Å². The third-order valence-corrected chi connectivity index (χ3v) is 6.54. The Hall–Kier alpha value is -4.22. The van der Waals surface area contributed by atoms with Gasteiger partial charge in [-0.2, -0.15) is 33.4 Å². The van der Waals surface area contributed by atoms with E-state index < -0.39 is 29.9 Å². The number of alkyl halides is 3. The average Bonchev–Trinajstić information content (AvgIpc) is 3.65. The molecule has 0 bridgehead atoms. The van der Waals surface area contributed by atoms with Crippen LogP contribution in [0.1, 0.15) is 58.9 Å². The van der Waals surface area contributed by atoms with Gasteiger partial charge in [-0.15, -0.1) is 0 Å². The summed E-state index contributed by atoms with van der Waals surface area (Å²) in [6.45, 7) is 1.79. The van der Waals surface area contributed by atoms with Crippen LogP contribution in [0.5, 0.6) is 6.01 Å². The molecule has 2 fully saturated rings. The summed E-state index contributed by atoms with van der Waals surface area (Å²) in [6.07, 6.45) is -2.82. The number of aromatic nitrogens is 4. The molecule has 3 atom stereocenters. The maximum Gasteiger partial charge on any atom is 0.408 e. The predicted molar refractivity (Wildman–Crippen MR) is 127 cm³/mol. The molecule has 5 N–H and O–H groups in total. The number of nitrogens with zero attached hydrogens (tertiary/aromatic N) is 6. The zero-order chi connectivity index (χ0) is 27.6. The molecule has 12 nitrogen and oxygen atoms in total. The van der Waals surface area contributed by atoms with Gasteiger partial charge < -0.3 is 26.4 Å². The normalized spacial score (nSPS) is 20.3. The number of nitrogens with one attached hydrogen (secondary N) is 1. The molecule has 0 aromatic carbocycles. The molecule has 1 aliphatic carbocycles. The maximum atomic E-state index is 13.0. The lowest BCUT2D eigenvalue weighted by atomic mass is 9.93. The second-order valence-electron chi connectivity index (χ2n) is 9.32. The molecule has 0 spiro atoms. The van der Waals surface area contributed by atoms with E-state index >= 15 is 0 Å². The standard InChI is InChI=1S/C23H26F3N9O3/c1-11(23(24,25)26)30-20(37)19-32-21(34-22(33-19)38-10-14-8-13(14)9-27)35-6-4-12(5-7-35)16-3-2-15(28)17(31-16)18(29)36/h2-3,11-14H,4-8,10,28H2,1H3,(H2,29,36)(H,30,37)/t11-,13-,14+/m0/s1. The van der Waals surface area contributed by atoms with Gasteiger partial charge in [-0.25, -0.2) is 4.98 Å². The minimum absolute atomic E-state index is 0.00206. The van der Waals surface area contributed by atoms with E-state index in [4.69, 9.17) is 21.5 Å². The van der Waals surface area contributed by atoms with Crippen LogP contribution in [0.25, 0.3) is 0 Å². The van der Waals surface area contributed by atoms with E-state index in [1.165, 1.54) is 0 Å². The van der Waals surface area contributed by atoms with Crippen molar-refractivity contribution in [3.05, 3.63) is 29.3 Å². The van der Waals surface area contributed by atoms with Crippen LogP contribution in [0.4, 0.5) is 24.8 Å². The quantitative estimate of drug-likeness (QED) is 0.449. The van der Waals surface area contributed by atoms with Crippen LogP contribution in [0.3, 0.4) is 0 Å². The molecule has 202 valence electrons. The second kappa shape index (κ2) is 10.6. The monoisotopic (exact) mass is 533 g/mol. The van der Waals surface area contributed by atoms with Crippen molar-refractivity contribution in [3.63, 3.8) is 0 Å². The number of carbonyl (C=O) groups is 2. The number of nitrogen functional groups attached to an aromatic ring is 1. The smallest absolute Gasteiger partial charge is 0.408 e. The number of halogens is 3. The SMILES string of the molecule is C[C@H](NC(=O)c1nc(OC[C@H]2C[C@H]2C#N)nc(N2CCC(c3ccc(N)c(C(N)=O)n3)CC2)n1)C(F)(F)F. The van der Waals surface area contributed by atoms with Crippen molar-refractivity contribution in [1.29, 1.82) is 5.26 Å². The van der Waals surface area contributed by atoms with Gasteiger partial charge in [-0.1, -0.05) is 0 Å². The fourth-order valence-electron chi connectivity index (χ4n) is 4.05. The number of primary amides is 1. The van der Waals surface area contributed by atoms with Gasteiger partial charge in [-0.05, 0) is 38.3 Å². The van der Waals surface area contributed by atoms with Gasteiger partial charge in [0.1, 0.15) is 6.04 Å². The molecule has 38 heavy (non-hydrogen) atoms. The van der Waals surface area contributed by atoms with Crippen molar-refractivity contribution in [1.82, 2.24) is 25.3 Å². The third kappa shape index (κ3) is 6.18. The lowest BCUT2D eigenvalue weighted by Crippen LogP contribution is -2.44. The Kier molecular flexibility index (Phi) is 7.51. The number of rotatable bonds is 8. The molecule has 0 radical (unpaired) electrons. The highest BCUT2D eigenvalue weighted by Gasteiger charge is 2.39. The second-order valence-corrected chi connectivity index (χ2v) is 9.32. The first kappa shape index (κ1) is 26.8. The lowest BCUT2D eigenvalue weighted by molar-refractivity contribution is -0.149. The van der Waals surface area contributed by atoms with Gasteiger partial charge in [0.15, 0.2) is 5.69 Å². The molecule has 1 aliphatic heterocycles. The van der Waals surface area contributed by atoms with Crippen LogP contribution < -0.4 is 26.4 Å². The Balaban J connectivity index is 1.50. The summed E-state index contributed by atoms with van der Waals surface area (Å²) in [5.41, 5.74) is 12.0. The van der Waals surface area contributed by atoms with Crippen LogP contribution >= 0.6 is 0 Å². The highest BCUT2D eigenvalue weighted by atomic mass is 19.4. The number of anilines is 2. The number of pyridine rings is 1. The molecule has 1 saturated heterocycles. The summed E-state index contributed by atoms with van der Waals surface area (Å²) >= 11 is 0. The number of hydrogen-bond acceptors (Lipinski definition) is 10. The molecular weight excluding hydrogens is 507 g/mol. The number of nitriles is 1. The Morgan fingerprint density at radius 2 is 1.95 bits per heavy atom. The van der Waals surface area contributed by atoms with E-state index in [2.05, 4.69) is 26.0 Å². The Bertz CT molecular complexity index is 1260. The number of nitrogens with two attached hydrogens (primary N) is 2. The molecule has 4 rings (SSSR count). The van der Waals surface area contributed by atoms with Crippen molar-refractivity contribution in [2.45, 2.75) is 44.3 Å². The van der Waals surface area contributed by atoms with Crippen molar-refractivity contribution in [2.75, 3.05) is 30.3 Å². The summed E-state index contributed by atoms with van der Waals surface area (Å²) in [7, 11) is 0. The lowest BCUT2D eigenvalue weighted by Gasteiger charge is -2.32. The zero-order valence-corrected chi connectivity index (χ0v) is 20.4. The zero-order valence-electron chi connectivity index (χ0n) is 20.4. The maximum absolute atomic E-state index is 13.0. The van der Waals surface area contributed by atoms with E-state index in [1.54, 1.807) is 17.0 Å². The van der Waals surface area contributed by atoms with E-state index in [0.29, 0.717) is 38.0 Å². The van der Waals surface area contributed by atoms with Crippen molar-refractivity contribution >= 4 is 23.5 Å². The summed E-state index contributed by atoms with van der Waals surface area (Å²) in [4.78, 5) is 42.5. The van der Waals surface area contributed by atoms with Gasteiger partial charge in [0, 0.05) is 30.6 Å². The molecule has 2 aromatic heterocycles. The van der Waals surface area contributed by atoms with E-state index in [9.17, 15) is 22.8 Å². The third-order valence-electron chi connectivity index (χ3n) is 6.54. The van der Waals surface area contributed by atoms with Gasteiger partial charge >= 0.3 is 12.2 Å². The van der Waals surface area contributed by atoms with Crippen molar-refractivity contribution < 1.29 is 27.5 Å². The van der Waals surface area contributed by atoms with Gasteiger partial charge in [-0.3, -0.25) is 9.59 Å². The minimum atomic E-state index is -4.64. The highest BCUT2D eigenvalue weighted by molar-refractivity contribution is 5.95. The van der Waals surface area contributed by atoms with Crippen LogP contribution in [-0.4, -0.2) is 63.7 Å². The van der Waals surface area contributed by atoms with E-state index in [0.717, 1.165) is 6.92 Å². The summed E-state index contributed by atoms with van der Waals surface area (Å²) in [5, 5.41) is 10.8. The summed E-state index contributed by atoms with van der Waals surface area (Å²) in [5.74, 6) is -2.44. The van der Waals surface area contributed by atoms with Gasteiger partial charge in [0.05, 0.1) is 24.3 Å². The molecule has 0 unspecified atom stereocenters. The Morgan fingerprint density at radius 3 is 2.55 bits per heavy atom. The largest absolute Gasteiger partial charge is 0.463 e. The van der Waals surface area contributed by atoms with Gasteiger partial charge in [0.25, 0.3) is 11.8 Å². The van der Waals surface area contributed by atoms with Crippen molar-refractivity contribution in [2.24, 2.45) is 17.6 Å². The Morgan fingerprint density at radius 1 is 1.24 bits per heavy atom. The molecule has 2 aromatic rings. The first-order valence-electron chi connectivity index (χ1n) is 11.9. The minimum Gasteiger partial charge on any atom is -0.463 e. The number of carbonyl (C=O) groups excluding carboxylic acids is 2. The van der Waals surface area contributed by atoms with E-state index in [1.807, 2.05) is 5.32 Å². The fraction of sp³-hybridized carbons (Fsp3) is 0.522. The first-order chi connectivity index (χ1) is 18.0. The number of hydrogen-bond donors (Lipinski definition) is 3.